The van der Waals surface area contributed by atoms with Gasteiger partial charge in [-0.3, -0.25) is 4.79 Å². The van der Waals surface area contributed by atoms with Gasteiger partial charge < -0.3 is 16.0 Å². The zero-order chi connectivity index (χ0) is 12.5. The number of aromatic nitrogens is 2. The van der Waals surface area contributed by atoms with Gasteiger partial charge in [0.05, 0.1) is 18.3 Å². The Morgan fingerprint density at radius 1 is 1.39 bits per heavy atom. The Kier molecular flexibility index (Phi) is 2.60. The number of amides is 1. The van der Waals surface area contributed by atoms with Gasteiger partial charge in [0.25, 0.3) is 0 Å². The fourth-order valence-electron chi connectivity index (χ4n) is 2.17. The van der Waals surface area contributed by atoms with Crippen molar-refractivity contribution < 1.29 is 4.79 Å². The predicted molar refractivity (Wildman–Crippen MR) is 69.1 cm³/mol. The lowest BCUT2D eigenvalue weighted by Crippen LogP contribution is -2.03. The van der Waals surface area contributed by atoms with Gasteiger partial charge in [0.2, 0.25) is 5.91 Å². The molecule has 0 aliphatic carbocycles. The van der Waals surface area contributed by atoms with E-state index in [2.05, 4.69) is 15.3 Å². The Balaban J connectivity index is 1.92. The molecule has 5 nitrogen and oxygen atoms in total. The minimum atomic E-state index is 0.0515. The van der Waals surface area contributed by atoms with E-state index in [-0.39, 0.29) is 5.91 Å². The monoisotopic (exact) mass is 242 g/mol. The standard InChI is InChI=1S/C13H14N4O/c14-4-3-12-15-7-11(16-12)8-1-2-10-9(5-8)6-13(18)17-10/h1-2,5,7H,3-4,6,14H2,(H,15,16)(H,17,18). The molecule has 18 heavy (non-hydrogen) atoms. The number of aromatic amines is 1. The van der Waals surface area contributed by atoms with Crippen LogP contribution in [0.25, 0.3) is 11.3 Å². The minimum Gasteiger partial charge on any atom is -0.342 e. The molecule has 0 spiro atoms. The molecule has 0 bridgehead atoms. The van der Waals surface area contributed by atoms with Gasteiger partial charge in [-0.15, -0.1) is 0 Å². The van der Waals surface area contributed by atoms with E-state index in [4.69, 9.17) is 5.73 Å². The summed E-state index contributed by atoms with van der Waals surface area (Å²) in [5.41, 5.74) is 9.44. The highest BCUT2D eigenvalue weighted by Crippen LogP contribution is 2.28. The number of benzene rings is 1. The third kappa shape index (κ3) is 1.89. The van der Waals surface area contributed by atoms with Crippen molar-refractivity contribution in [3.8, 4) is 11.3 Å². The van der Waals surface area contributed by atoms with Gasteiger partial charge in [-0.05, 0) is 29.8 Å². The molecule has 1 aromatic carbocycles. The average Bonchev–Trinajstić information content (AvgIpc) is 2.93. The summed E-state index contributed by atoms with van der Waals surface area (Å²) in [7, 11) is 0. The van der Waals surface area contributed by atoms with Crippen LogP contribution in [0.2, 0.25) is 0 Å². The van der Waals surface area contributed by atoms with Crippen LogP contribution in [0.4, 0.5) is 5.69 Å². The summed E-state index contributed by atoms with van der Waals surface area (Å²) in [6, 6.07) is 5.93. The molecule has 5 heteroatoms. The molecule has 3 rings (SSSR count). The van der Waals surface area contributed by atoms with E-state index in [1.807, 2.05) is 18.2 Å². The summed E-state index contributed by atoms with van der Waals surface area (Å²) in [6.45, 7) is 0.579. The average molecular weight is 242 g/mol. The van der Waals surface area contributed by atoms with Crippen LogP contribution in [-0.4, -0.2) is 22.4 Å². The fourth-order valence-corrected chi connectivity index (χ4v) is 2.17. The number of fused-ring (bicyclic) bond motifs is 1. The maximum atomic E-state index is 11.3. The molecule has 2 aromatic rings. The van der Waals surface area contributed by atoms with E-state index < -0.39 is 0 Å². The molecule has 2 heterocycles. The predicted octanol–water partition coefficient (Wildman–Crippen LogP) is 1.07. The Labute approximate surface area is 104 Å². The normalized spacial score (nSPS) is 13.5. The second kappa shape index (κ2) is 4.27. The molecule has 1 aliphatic rings. The summed E-state index contributed by atoms with van der Waals surface area (Å²) in [4.78, 5) is 18.8. The Bertz CT molecular complexity index is 603. The SMILES string of the molecule is NCCc1ncc(-c2ccc3c(c2)CC(=O)N3)[nH]1. The number of nitrogens with one attached hydrogen (secondary N) is 2. The second-order valence-electron chi connectivity index (χ2n) is 4.38. The fraction of sp³-hybridized carbons (Fsp3) is 0.231. The first-order valence-electron chi connectivity index (χ1n) is 5.93. The quantitative estimate of drug-likeness (QED) is 0.752. The number of hydrogen-bond acceptors (Lipinski definition) is 3. The van der Waals surface area contributed by atoms with Crippen LogP contribution in [0.15, 0.2) is 24.4 Å². The van der Waals surface area contributed by atoms with Crippen molar-refractivity contribution in [2.24, 2.45) is 5.73 Å². The summed E-state index contributed by atoms with van der Waals surface area (Å²) >= 11 is 0. The van der Waals surface area contributed by atoms with Gasteiger partial charge in [0.1, 0.15) is 5.82 Å². The van der Waals surface area contributed by atoms with Crippen molar-refractivity contribution >= 4 is 11.6 Å². The molecule has 0 unspecified atom stereocenters. The van der Waals surface area contributed by atoms with E-state index in [1.54, 1.807) is 6.20 Å². The van der Waals surface area contributed by atoms with E-state index in [0.717, 1.165) is 34.8 Å². The maximum absolute atomic E-state index is 11.3. The molecule has 0 fully saturated rings. The van der Waals surface area contributed by atoms with Crippen LogP contribution in [-0.2, 0) is 17.6 Å². The molecule has 1 amide bonds. The van der Waals surface area contributed by atoms with Gasteiger partial charge in [0, 0.05) is 12.1 Å². The molecule has 1 aliphatic heterocycles. The lowest BCUT2D eigenvalue weighted by Gasteiger charge is -2.01. The molecule has 4 N–H and O–H groups in total. The second-order valence-corrected chi connectivity index (χ2v) is 4.38. The van der Waals surface area contributed by atoms with Gasteiger partial charge in [-0.25, -0.2) is 4.98 Å². The number of nitrogens with two attached hydrogens (primary N) is 1. The van der Waals surface area contributed by atoms with Crippen molar-refractivity contribution in [2.75, 3.05) is 11.9 Å². The number of carbonyl (C=O) groups excluding carboxylic acids is 1. The van der Waals surface area contributed by atoms with Crippen LogP contribution < -0.4 is 11.1 Å². The number of imidazole rings is 1. The van der Waals surface area contributed by atoms with Crippen LogP contribution in [0.5, 0.6) is 0 Å². The highest BCUT2D eigenvalue weighted by Gasteiger charge is 2.18. The highest BCUT2D eigenvalue weighted by atomic mass is 16.1. The lowest BCUT2D eigenvalue weighted by molar-refractivity contribution is -0.115. The van der Waals surface area contributed by atoms with Crippen molar-refractivity contribution in [2.45, 2.75) is 12.8 Å². The number of hydrogen-bond donors (Lipinski definition) is 3. The van der Waals surface area contributed by atoms with E-state index in [9.17, 15) is 4.79 Å². The molecular weight excluding hydrogens is 228 g/mol. The highest BCUT2D eigenvalue weighted by molar-refractivity contribution is 5.99. The Morgan fingerprint density at radius 3 is 3.11 bits per heavy atom. The first-order chi connectivity index (χ1) is 8.76. The molecule has 0 saturated heterocycles. The minimum absolute atomic E-state index is 0.0515. The van der Waals surface area contributed by atoms with Crippen LogP contribution in [0.1, 0.15) is 11.4 Å². The molecule has 0 radical (unpaired) electrons. The number of nitrogens with zero attached hydrogens (tertiary/aromatic N) is 1. The van der Waals surface area contributed by atoms with Crippen molar-refractivity contribution in [3.05, 3.63) is 35.8 Å². The van der Waals surface area contributed by atoms with Crippen LogP contribution in [0, 0.1) is 0 Å². The zero-order valence-electron chi connectivity index (χ0n) is 9.86. The topological polar surface area (TPSA) is 83.8 Å². The first-order valence-corrected chi connectivity index (χ1v) is 5.93. The molecule has 0 atom stereocenters. The summed E-state index contributed by atoms with van der Waals surface area (Å²) in [5.74, 6) is 0.942. The van der Waals surface area contributed by atoms with E-state index in [1.165, 1.54) is 0 Å². The van der Waals surface area contributed by atoms with Gasteiger partial charge in [0.15, 0.2) is 0 Å². The number of carbonyl (C=O) groups is 1. The zero-order valence-corrected chi connectivity index (χ0v) is 9.86. The lowest BCUT2D eigenvalue weighted by atomic mass is 10.1. The van der Waals surface area contributed by atoms with E-state index >= 15 is 0 Å². The Hall–Kier alpha value is -2.14. The van der Waals surface area contributed by atoms with Crippen molar-refractivity contribution in [1.82, 2.24) is 9.97 Å². The van der Waals surface area contributed by atoms with Gasteiger partial charge in [-0.1, -0.05) is 6.07 Å². The molecular formula is C13H14N4O. The smallest absolute Gasteiger partial charge is 0.228 e. The third-order valence-corrected chi connectivity index (χ3v) is 3.05. The van der Waals surface area contributed by atoms with E-state index in [0.29, 0.717) is 13.0 Å². The Morgan fingerprint density at radius 2 is 2.28 bits per heavy atom. The van der Waals surface area contributed by atoms with Crippen molar-refractivity contribution in [3.63, 3.8) is 0 Å². The van der Waals surface area contributed by atoms with Gasteiger partial charge >= 0.3 is 0 Å². The molecule has 92 valence electrons. The summed E-state index contributed by atoms with van der Waals surface area (Å²) < 4.78 is 0. The van der Waals surface area contributed by atoms with Crippen molar-refractivity contribution in [1.29, 1.82) is 0 Å². The summed E-state index contributed by atoms with van der Waals surface area (Å²) in [6.07, 6.45) is 2.99. The maximum Gasteiger partial charge on any atom is 0.228 e. The van der Waals surface area contributed by atoms with Crippen LogP contribution >= 0.6 is 0 Å². The first kappa shape index (κ1) is 11.0. The number of rotatable bonds is 3. The number of H-pyrrole nitrogens is 1. The third-order valence-electron chi connectivity index (χ3n) is 3.05. The number of anilines is 1. The molecule has 1 aromatic heterocycles. The van der Waals surface area contributed by atoms with Crippen LogP contribution in [0.3, 0.4) is 0 Å². The van der Waals surface area contributed by atoms with Gasteiger partial charge in [-0.2, -0.15) is 0 Å². The summed E-state index contributed by atoms with van der Waals surface area (Å²) in [5, 5.41) is 2.82. The largest absolute Gasteiger partial charge is 0.342 e. The molecule has 0 saturated carbocycles.